The maximum Gasteiger partial charge on any atom is 0.423 e. The zero-order valence-corrected chi connectivity index (χ0v) is 11.6. The Labute approximate surface area is 124 Å². The van der Waals surface area contributed by atoms with Gasteiger partial charge in [0.05, 0.1) is 26.2 Å². The van der Waals surface area contributed by atoms with E-state index in [4.69, 9.17) is 14.2 Å². The molecule has 2 bridgehead atoms. The van der Waals surface area contributed by atoms with Crippen molar-refractivity contribution in [2.45, 2.75) is 24.9 Å². The molecular weight excluding hydrogens is 304 g/mol. The van der Waals surface area contributed by atoms with Crippen molar-refractivity contribution in [3.8, 4) is 0 Å². The number of ether oxygens (including phenoxy) is 3. The predicted molar refractivity (Wildman–Crippen MR) is 63.4 cm³/mol. The quantitative estimate of drug-likeness (QED) is 0.393. The average Bonchev–Trinajstić information content (AvgIpc) is 2.59. The van der Waals surface area contributed by atoms with E-state index in [1.54, 1.807) is 0 Å². The molecule has 22 heavy (non-hydrogen) atoms. The highest BCUT2D eigenvalue weighted by Gasteiger charge is 2.74. The van der Waals surface area contributed by atoms with Gasteiger partial charge in [-0.3, -0.25) is 9.59 Å². The third-order valence-corrected chi connectivity index (χ3v) is 4.13. The fraction of sp³-hybridized carbons (Fsp3) is 0.750. The predicted octanol–water partition coefficient (Wildman–Crippen LogP) is -2.98. The van der Waals surface area contributed by atoms with Crippen LogP contribution in [0, 0.1) is 11.3 Å². The van der Waals surface area contributed by atoms with Crippen LogP contribution in [0.1, 0.15) is 13.3 Å². The largest absolute Gasteiger partial charge is 0.423 e. The summed E-state index contributed by atoms with van der Waals surface area (Å²) in [5.74, 6) is -8.54. The minimum atomic E-state index is -3.05. The normalized spacial score (nSPS) is 37.0. The molecule has 0 saturated carbocycles. The average molecular weight is 320 g/mol. The molecule has 2 aliphatic heterocycles. The number of carbonyl (C=O) groups is 3. The zero-order valence-electron chi connectivity index (χ0n) is 11.6. The van der Waals surface area contributed by atoms with Crippen molar-refractivity contribution >= 4 is 17.9 Å². The van der Waals surface area contributed by atoms with Gasteiger partial charge in [0.25, 0.3) is 0 Å². The molecule has 10 heteroatoms. The highest BCUT2D eigenvalue weighted by Crippen LogP contribution is 2.47. The van der Waals surface area contributed by atoms with Crippen LogP contribution >= 0.6 is 0 Å². The van der Waals surface area contributed by atoms with Gasteiger partial charge in [-0.15, -0.1) is 0 Å². The van der Waals surface area contributed by atoms with E-state index >= 15 is 0 Å². The summed E-state index contributed by atoms with van der Waals surface area (Å²) in [6, 6.07) is 0. The van der Waals surface area contributed by atoms with Crippen LogP contribution in [-0.2, 0) is 28.6 Å². The first-order valence-corrected chi connectivity index (χ1v) is 6.51. The number of fused-ring (bicyclic) bond motifs is 3. The molecule has 2 heterocycles. The monoisotopic (exact) mass is 320 g/mol. The van der Waals surface area contributed by atoms with Gasteiger partial charge >= 0.3 is 23.9 Å². The van der Waals surface area contributed by atoms with Crippen molar-refractivity contribution in [2.24, 2.45) is 11.3 Å². The molecule has 2 saturated heterocycles. The van der Waals surface area contributed by atoms with Crippen molar-refractivity contribution in [2.75, 3.05) is 19.8 Å². The van der Waals surface area contributed by atoms with Gasteiger partial charge in [0.2, 0.25) is 0 Å². The number of aliphatic hydroxyl groups excluding tert-OH is 3. The molecule has 0 aromatic rings. The van der Waals surface area contributed by atoms with Crippen molar-refractivity contribution < 1.29 is 49.0 Å². The highest BCUT2D eigenvalue weighted by atomic mass is 16.9. The van der Waals surface area contributed by atoms with E-state index in [9.17, 15) is 34.8 Å². The van der Waals surface area contributed by atoms with Gasteiger partial charge in [-0.2, -0.15) is 0 Å². The Morgan fingerprint density at radius 2 is 1.55 bits per heavy atom. The number of carbonyl (C=O) groups excluding carboxylic acids is 3. The molecular formula is C12H16O10. The molecule has 0 aromatic carbocycles. The van der Waals surface area contributed by atoms with Crippen LogP contribution in [0.3, 0.4) is 0 Å². The van der Waals surface area contributed by atoms with Crippen molar-refractivity contribution in [1.82, 2.24) is 0 Å². The molecule has 0 aromatic heterocycles. The number of rotatable bonds is 4. The smallest absolute Gasteiger partial charge is 0.395 e. The summed E-state index contributed by atoms with van der Waals surface area (Å²) >= 11 is 0. The molecule has 3 atom stereocenters. The van der Waals surface area contributed by atoms with Crippen LogP contribution in [0.5, 0.6) is 0 Å². The lowest BCUT2D eigenvalue weighted by Gasteiger charge is -2.42. The number of aliphatic hydroxyl groups is 4. The SMILES string of the molecule is CCC12OC(=O)C(CO)C(O)(C(=O)O1)C(CO)(CO)C(=O)O2. The Kier molecular flexibility index (Phi) is 3.90. The van der Waals surface area contributed by atoms with Crippen molar-refractivity contribution in [3.63, 3.8) is 0 Å². The minimum Gasteiger partial charge on any atom is -0.395 e. The number of hydrogen-bond acceptors (Lipinski definition) is 10. The van der Waals surface area contributed by atoms with Crippen LogP contribution in [0.25, 0.3) is 0 Å². The van der Waals surface area contributed by atoms with Gasteiger partial charge in [-0.25, -0.2) is 4.79 Å². The van der Waals surface area contributed by atoms with Gasteiger partial charge in [0.1, 0.15) is 5.92 Å². The summed E-state index contributed by atoms with van der Waals surface area (Å²) in [5.41, 5.74) is -5.64. The summed E-state index contributed by atoms with van der Waals surface area (Å²) in [6.07, 6.45) is -0.294. The molecule has 2 rings (SSSR count). The van der Waals surface area contributed by atoms with Gasteiger partial charge in [-0.1, -0.05) is 6.92 Å². The number of hydrogen-bond donors (Lipinski definition) is 4. The Morgan fingerprint density at radius 3 is 2.00 bits per heavy atom. The number of esters is 3. The second kappa shape index (κ2) is 5.16. The van der Waals surface area contributed by atoms with Gasteiger partial charge in [0.15, 0.2) is 11.0 Å². The first-order chi connectivity index (χ1) is 10.3. The topological polar surface area (TPSA) is 160 Å². The first-order valence-electron chi connectivity index (χ1n) is 6.51. The van der Waals surface area contributed by atoms with E-state index < -0.39 is 60.6 Å². The second-order valence-corrected chi connectivity index (χ2v) is 5.14. The standard InChI is InChI=1S/C12H16O10/c1-2-11-20-7(16)6(3-13)12(19,9(18)22-11)10(4-14,5-15)8(17)21-11/h6,13-15,19H,2-5H2,1H3. The fourth-order valence-electron chi connectivity index (χ4n) is 2.59. The first kappa shape index (κ1) is 16.6. The Balaban J connectivity index is 2.78. The summed E-state index contributed by atoms with van der Waals surface area (Å²) in [5, 5.41) is 39.1. The summed E-state index contributed by atoms with van der Waals surface area (Å²) in [4.78, 5) is 36.7. The van der Waals surface area contributed by atoms with Crippen LogP contribution in [0.4, 0.5) is 0 Å². The lowest BCUT2D eigenvalue weighted by atomic mass is 9.66. The van der Waals surface area contributed by atoms with Crippen LogP contribution in [0.2, 0.25) is 0 Å². The van der Waals surface area contributed by atoms with Crippen LogP contribution < -0.4 is 0 Å². The molecule has 0 aliphatic carbocycles. The van der Waals surface area contributed by atoms with Gasteiger partial charge in [0, 0.05) is 0 Å². The van der Waals surface area contributed by atoms with Crippen LogP contribution in [0.15, 0.2) is 0 Å². The Morgan fingerprint density at radius 1 is 1.00 bits per heavy atom. The lowest BCUT2D eigenvalue weighted by Crippen LogP contribution is -2.67. The molecule has 4 N–H and O–H groups in total. The third-order valence-electron chi connectivity index (χ3n) is 4.13. The van der Waals surface area contributed by atoms with E-state index in [0.717, 1.165) is 0 Å². The van der Waals surface area contributed by atoms with Crippen molar-refractivity contribution in [3.05, 3.63) is 0 Å². The summed E-state index contributed by atoms with van der Waals surface area (Å²) in [6.45, 7) is -2.16. The maximum atomic E-state index is 12.3. The minimum absolute atomic E-state index is 0.294. The molecule has 2 fully saturated rings. The third kappa shape index (κ3) is 1.78. The van der Waals surface area contributed by atoms with Crippen LogP contribution in [-0.4, -0.2) is 69.7 Å². The van der Waals surface area contributed by atoms with E-state index in [2.05, 4.69) is 0 Å². The maximum absolute atomic E-state index is 12.3. The summed E-state index contributed by atoms with van der Waals surface area (Å²) < 4.78 is 14.4. The molecule has 0 spiro atoms. The second-order valence-electron chi connectivity index (χ2n) is 5.14. The molecule has 2 aliphatic rings. The Hall–Kier alpha value is -1.75. The zero-order chi connectivity index (χ0) is 16.8. The van der Waals surface area contributed by atoms with Crippen molar-refractivity contribution in [1.29, 1.82) is 0 Å². The highest BCUT2D eigenvalue weighted by molar-refractivity contribution is 5.98. The molecule has 3 unspecified atom stereocenters. The fourth-order valence-corrected chi connectivity index (χ4v) is 2.59. The summed E-state index contributed by atoms with van der Waals surface area (Å²) in [7, 11) is 0. The van der Waals surface area contributed by atoms with E-state index in [0.29, 0.717) is 0 Å². The molecule has 124 valence electrons. The molecule has 0 radical (unpaired) electrons. The molecule has 10 nitrogen and oxygen atoms in total. The van der Waals surface area contributed by atoms with E-state index in [1.165, 1.54) is 6.92 Å². The van der Waals surface area contributed by atoms with E-state index in [-0.39, 0.29) is 6.42 Å². The molecule has 0 amide bonds. The van der Waals surface area contributed by atoms with Gasteiger partial charge in [-0.05, 0) is 0 Å². The van der Waals surface area contributed by atoms with Gasteiger partial charge < -0.3 is 34.6 Å². The lowest BCUT2D eigenvalue weighted by molar-refractivity contribution is -0.328. The van der Waals surface area contributed by atoms with E-state index in [1.807, 2.05) is 0 Å². The Bertz CT molecular complexity index is 512.